The third-order valence-corrected chi connectivity index (χ3v) is 5.86. The number of aryl methyl sites for hydroxylation is 1. The highest BCUT2D eigenvalue weighted by atomic mass is 16.5. The molecular weight excluding hydrogens is 454 g/mol. The first-order chi connectivity index (χ1) is 17.6. The Hall–Kier alpha value is -3.39. The van der Waals surface area contributed by atoms with E-state index in [0.29, 0.717) is 38.7 Å². The molecule has 1 N–H and O–H groups in total. The molecular formula is C29H35N3O4. The molecule has 2 aromatic heterocycles. The lowest BCUT2D eigenvalue weighted by Crippen LogP contribution is -2.34. The molecule has 36 heavy (non-hydrogen) atoms. The van der Waals surface area contributed by atoms with Crippen LogP contribution in [0, 0.1) is 6.92 Å². The maximum absolute atomic E-state index is 10.7. The van der Waals surface area contributed by atoms with E-state index in [9.17, 15) is 5.11 Å². The Morgan fingerprint density at radius 2 is 1.75 bits per heavy atom. The van der Waals surface area contributed by atoms with Crippen LogP contribution >= 0.6 is 0 Å². The van der Waals surface area contributed by atoms with Gasteiger partial charge in [-0.05, 0) is 49.7 Å². The molecule has 2 heterocycles. The normalized spacial score (nSPS) is 12.2. The van der Waals surface area contributed by atoms with Gasteiger partial charge in [0, 0.05) is 19.7 Å². The molecule has 0 unspecified atom stereocenters. The van der Waals surface area contributed by atoms with Crippen LogP contribution < -0.4 is 4.74 Å². The molecule has 0 spiro atoms. The standard InChI is InChI=1S/C29H35N3O4/c1-3-4-17-34-22-25(33)19-31(20-27-16-11-18-35-27)21-28-23(2)30-32(24-12-7-5-8-13-24)29(28)36-26-14-9-6-10-15-26/h5-16,18,25,33H,3-4,17,19-22H2,1-2H3/t25-/m1/s1. The number of ether oxygens (including phenoxy) is 2. The molecule has 0 aliphatic rings. The molecule has 0 aliphatic carbocycles. The Kier molecular flexibility index (Phi) is 9.33. The summed E-state index contributed by atoms with van der Waals surface area (Å²) in [5, 5.41) is 15.6. The maximum Gasteiger partial charge on any atom is 0.227 e. The average molecular weight is 490 g/mol. The lowest BCUT2D eigenvalue weighted by atomic mass is 10.2. The van der Waals surface area contributed by atoms with Gasteiger partial charge in [-0.3, -0.25) is 4.90 Å². The zero-order chi connectivity index (χ0) is 25.2. The molecule has 2 aromatic carbocycles. The molecule has 7 nitrogen and oxygen atoms in total. The van der Waals surface area contributed by atoms with Gasteiger partial charge in [-0.25, -0.2) is 4.68 Å². The van der Waals surface area contributed by atoms with Gasteiger partial charge in [-0.2, -0.15) is 5.10 Å². The van der Waals surface area contributed by atoms with Gasteiger partial charge in [-0.15, -0.1) is 0 Å². The molecule has 0 fully saturated rings. The van der Waals surface area contributed by atoms with Crippen molar-refractivity contribution in [1.29, 1.82) is 0 Å². The van der Waals surface area contributed by atoms with Crippen molar-refractivity contribution in [2.45, 2.75) is 45.9 Å². The second-order valence-electron chi connectivity index (χ2n) is 8.86. The van der Waals surface area contributed by atoms with Crippen LogP contribution in [0.4, 0.5) is 0 Å². The fraction of sp³-hybridized carbons (Fsp3) is 0.345. The molecule has 0 bridgehead atoms. The minimum atomic E-state index is -0.625. The zero-order valence-corrected chi connectivity index (χ0v) is 21.0. The Morgan fingerprint density at radius 3 is 2.44 bits per heavy atom. The quantitative estimate of drug-likeness (QED) is 0.228. The van der Waals surface area contributed by atoms with E-state index in [4.69, 9.17) is 19.0 Å². The van der Waals surface area contributed by atoms with E-state index >= 15 is 0 Å². The highest BCUT2D eigenvalue weighted by molar-refractivity contribution is 5.43. The Morgan fingerprint density at radius 1 is 1.00 bits per heavy atom. The van der Waals surface area contributed by atoms with Crippen molar-refractivity contribution in [3.63, 3.8) is 0 Å². The summed E-state index contributed by atoms with van der Waals surface area (Å²) >= 11 is 0. The molecule has 0 saturated heterocycles. The minimum Gasteiger partial charge on any atom is -0.468 e. The van der Waals surface area contributed by atoms with E-state index in [1.165, 1.54) is 0 Å². The van der Waals surface area contributed by atoms with Crippen molar-refractivity contribution in [3.05, 3.63) is 96.1 Å². The van der Waals surface area contributed by atoms with Crippen LogP contribution in [0.2, 0.25) is 0 Å². The topological polar surface area (TPSA) is 72.9 Å². The van der Waals surface area contributed by atoms with E-state index in [-0.39, 0.29) is 0 Å². The third-order valence-electron chi connectivity index (χ3n) is 5.86. The number of hydrogen-bond acceptors (Lipinski definition) is 6. The predicted octanol–water partition coefficient (Wildman–Crippen LogP) is 5.75. The van der Waals surface area contributed by atoms with Crippen molar-refractivity contribution in [3.8, 4) is 17.3 Å². The number of benzene rings is 2. The van der Waals surface area contributed by atoms with E-state index < -0.39 is 6.10 Å². The molecule has 190 valence electrons. The molecule has 4 rings (SSSR count). The molecule has 0 saturated carbocycles. The molecule has 4 aromatic rings. The van der Waals surface area contributed by atoms with E-state index in [1.807, 2.05) is 84.4 Å². The minimum absolute atomic E-state index is 0.296. The van der Waals surface area contributed by atoms with Gasteiger partial charge < -0.3 is 19.0 Å². The fourth-order valence-electron chi connectivity index (χ4n) is 4.02. The second kappa shape index (κ2) is 13.1. The van der Waals surface area contributed by atoms with Crippen LogP contribution in [-0.2, 0) is 17.8 Å². The van der Waals surface area contributed by atoms with Crippen molar-refractivity contribution in [1.82, 2.24) is 14.7 Å². The van der Waals surface area contributed by atoms with Crippen molar-refractivity contribution >= 4 is 0 Å². The van der Waals surface area contributed by atoms with Crippen LogP contribution in [0.15, 0.2) is 83.5 Å². The van der Waals surface area contributed by atoms with Crippen LogP contribution in [0.25, 0.3) is 5.69 Å². The molecule has 0 aliphatic heterocycles. The van der Waals surface area contributed by atoms with E-state index in [2.05, 4.69) is 11.8 Å². The summed E-state index contributed by atoms with van der Waals surface area (Å²) < 4.78 is 19.5. The fourth-order valence-corrected chi connectivity index (χ4v) is 4.02. The largest absolute Gasteiger partial charge is 0.468 e. The Balaban J connectivity index is 1.61. The summed E-state index contributed by atoms with van der Waals surface area (Å²) in [5.41, 5.74) is 2.73. The van der Waals surface area contributed by atoms with Gasteiger partial charge in [0.2, 0.25) is 5.88 Å². The van der Waals surface area contributed by atoms with Crippen LogP contribution in [0.5, 0.6) is 11.6 Å². The summed E-state index contributed by atoms with van der Waals surface area (Å²) in [4.78, 5) is 2.14. The first kappa shape index (κ1) is 25.7. The molecule has 0 amide bonds. The monoisotopic (exact) mass is 489 g/mol. The van der Waals surface area contributed by atoms with Gasteiger partial charge in [0.05, 0.1) is 42.5 Å². The summed E-state index contributed by atoms with van der Waals surface area (Å²) in [6, 6.07) is 23.5. The molecule has 1 atom stereocenters. The Labute approximate surface area is 212 Å². The smallest absolute Gasteiger partial charge is 0.227 e. The van der Waals surface area contributed by atoms with Crippen molar-refractivity contribution in [2.24, 2.45) is 0 Å². The summed E-state index contributed by atoms with van der Waals surface area (Å²) in [7, 11) is 0. The van der Waals surface area contributed by atoms with E-state index in [0.717, 1.165) is 41.3 Å². The number of nitrogens with zero attached hydrogens (tertiary/aromatic N) is 3. The zero-order valence-electron chi connectivity index (χ0n) is 21.0. The number of aromatic nitrogens is 2. The summed E-state index contributed by atoms with van der Waals surface area (Å²) in [5.74, 6) is 2.22. The number of aliphatic hydroxyl groups excluding tert-OH is 1. The Bertz CT molecular complexity index is 1160. The van der Waals surface area contributed by atoms with Crippen molar-refractivity contribution in [2.75, 3.05) is 19.8 Å². The van der Waals surface area contributed by atoms with Gasteiger partial charge in [0.1, 0.15) is 11.5 Å². The number of rotatable bonds is 14. The van der Waals surface area contributed by atoms with Gasteiger partial charge in [0.25, 0.3) is 0 Å². The first-order valence-corrected chi connectivity index (χ1v) is 12.5. The highest BCUT2D eigenvalue weighted by Crippen LogP contribution is 2.32. The highest BCUT2D eigenvalue weighted by Gasteiger charge is 2.23. The molecule has 7 heteroatoms. The maximum atomic E-state index is 10.7. The predicted molar refractivity (Wildman–Crippen MR) is 139 cm³/mol. The third kappa shape index (κ3) is 7.07. The van der Waals surface area contributed by atoms with Crippen LogP contribution in [0.1, 0.15) is 36.8 Å². The number of para-hydroxylation sites is 2. The molecule has 0 radical (unpaired) electrons. The average Bonchev–Trinajstić information content (AvgIpc) is 3.51. The SMILES string of the molecule is CCCCOC[C@H](O)CN(Cc1ccco1)Cc1c(C)nn(-c2ccccc2)c1Oc1ccccc1. The first-order valence-electron chi connectivity index (χ1n) is 12.5. The van der Waals surface area contributed by atoms with Crippen molar-refractivity contribution < 1.29 is 19.0 Å². The number of unbranched alkanes of at least 4 members (excludes halogenated alkanes) is 1. The van der Waals surface area contributed by atoms with Gasteiger partial charge >= 0.3 is 0 Å². The summed E-state index contributed by atoms with van der Waals surface area (Å²) in [6.07, 6.45) is 3.09. The van der Waals surface area contributed by atoms with Gasteiger partial charge in [-0.1, -0.05) is 49.7 Å². The number of hydrogen-bond donors (Lipinski definition) is 1. The van der Waals surface area contributed by atoms with Crippen LogP contribution in [0.3, 0.4) is 0 Å². The number of furan rings is 1. The lowest BCUT2D eigenvalue weighted by molar-refractivity contribution is 0.0116. The van der Waals surface area contributed by atoms with E-state index in [1.54, 1.807) is 6.26 Å². The second-order valence-corrected chi connectivity index (χ2v) is 8.86. The lowest BCUT2D eigenvalue weighted by Gasteiger charge is -2.24. The van der Waals surface area contributed by atoms with Gasteiger partial charge in [0.15, 0.2) is 0 Å². The summed E-state index contributed by atoms with van der Waals surface area (Å²) in [6.45, 7) is 6.55. The number of aliphatic hydroxyl groups is 1. The van der Waals surface area contributed by atoms with Crippen LogP contribution in [-0.4, -0.2) is 45.6 Å².